The third-order valence-electron chi connectivity index (χ3n) is 6.18. The van der Waals surface area contributed by atoms with Gasteiger partial charge >= 0.3 is 0 Å². The van der Waals surface area contributed by atoms with Crippen molar-refractivity contribution in [3.63, 3.8) is 0 Å². The molecule has 2 saturated carbocycles. The van der Waals surface area contributed by atoms with Crippen LogP contribution in [0, 0.1) is 18.3 Å². The van der Waals surface area contributed by atoms with Crippen molar-refractivity contribution in [1.29, 1.82) is 0 Å². The molecule has 3 aromatic heterocycles. The number of rotatable bonds is 8. The Bertz CT molecular complexity index is 1140. The predicted molar refractivity (Wildman–Crippen MR) is 118 cm³/mol. The molecular weight excluding hydrogens is 372 g/mol. The molecule has 0 radical (unpaired) electrons. The first-order chi connectivity index (χ1) is 14.8. The van der Waals surface area contributed by atoms with E-state index < -0.39 is 0 Å². The van der Waals surface area contributed by atoms with E-state index in [4.69, 9.17) is 11.4 Å². The van der Waals surface area contributed by atoms with E-state index in [2.05, 4.69) is 34.1 Å². The number of imidazole rings is 1. The maximum atomic E-state index is 5.61. The van der Waals surface area contributed by atoms with E-state index in [1.165, 1.54) is 32.1 Å². The highest BCUT2D eigenvalue weighted by molar-refractivity contribution is 5.74. The van der Waals surface area contributed by atoms with E-state index in [1.807, 2.05) is 39.8 Å². The minimum Gasteiger partial charge on any atom is -0.388 e. The smallest absolute Gasteiger partial charge is 0.149 e. The summed E-state index contributed by atoms with van der Waals surface area (Å²) >= 11 is 0. The summed E-state index contributed by atoms with van der Waals surface area (Å²) in [5, 5.41) is 8.12. The highest BCUT2D eigenvalue weighted by Crippen LogP contribution is 2.41. The van der Waals surface area contributed by atoms with Crippen molar-refractivity contribution in [2.45, 2.75) is 50.6 Å². The molecule has 3 aromatic rings. The summed E-state index contributed by atoms with van der Waals surface area (Å²) in [6.45, 7) is 3.99. The van der Waals surface area contributed by atoms with E-state index in [-0.39, 0.29) is 6.04 Å². The van der Waals surface area contributed by atoms with Crippen LogP contribution >= 0.6 is 0 Å². The summed E-state index contributed by atoms with van der Waals surface area (Å²) in [6, 6.07) is 2.82. The summed E-state index contributed by atoms with van der Waals surface area (Å²) < 4.78 is 4.02. The lowest BCUT2D eigenvalue weighted by Crippen LogP contribution is -2.31. The van der Waals surface area contributed by atoms with Crippen LogP contribution in [0.5, 0.6) is 0 Å². The van der Waals surface area contributed by atoms with Crippen LogP contribution in [0.15, 0.2) is 49.7 Å². The summed E-state index contributed by atoms with van der Waals surface area (Å²) in [7, 11) is 0. The maximum absolute atomic E-state index is 5.61. The monoisotopic (exact) mass is 398 g/mol. The van der Waals surface area contributed by atoms with E-state index in [0.717, 1.165) is 28.3 Å². The van der Waals surface area contributed by atoms with Gasteiger partial charge in [-0.25, -0.2) is 9.97 Å². The number of fused-ring (bicyclic) bond motifs is 1. The fraction of sp³-hybridized carbons (Fsp3) is 0.375. The van der Waals surface area contributed by atoms with Gasteiger partial charge in [0, 0.05) is 48.9 Å². The SMILES string of the molecule is C#CCC(C1CC1)n1cc(-c2nc(/C(C=C)=C/NC3CCC3)cc3nccn23)cn1. The molecular formula is C24H26N6. The second-order valence-corrected chi connectivity index (χ2v) is 8.24. The minimum atomic E-state index is 0.264. The number of allylic oxidation sites excluding steroid dienone is 2. The molecule has 152 valence electrons. The molecule has 3 heterocycles. The minimum absolute atomic E-state index is 0.264. The van der Waals surface area contributed by atoms with Crippen molar-refractivity contribution in [2.24, 2.45) is 5.92 Å². The number of nitrogens with zero attached hydrogens (tertiary/aromatic N) is 5. The molecule has 1 atom stereocenters. The first-order valence-electron chi connectivity index (χ1n) is 10.7. The van der Waals surface area contributed by atoms with Crippen molar-refractivity contribution >= 4 is 11.2 Å². The third kappa shape index (κ3) is 3.52. The summed E-state index contributed by atoms with van der Waals surface area (Å²) in [5.41, 5.74) is 3.62. The maximum Gasteiger partial charge on any atom is 0.149 e. The molecule has 0 saturated heterocycles. The van der Waals surface area contributed by atoms with Gasteiger partial charge in [-0.05, 0) is 38.0 Å². The molecule has 0 bridgehead atoms. The predicted octanol–water partition coefficient (Wildman–Crippen LogP) is 4.24. The molecule has 0 aliphatic heterocycles. The first-order valence-corrected chi connectivity index (χ1v) is 10.7. The molecule has 0 spiro atoms. The fourth-order valence-electron chi connectivity index (χ4n) is 4.01. The molecule has 1 unspecified atom stereocenters. The lowest BCUT2D eigenvalue weighted by atomic mass is 9.93. The first kappa shape index (κ1) is 18.7. The van der Waals surface area contributed by atoms with Crippen LogP contribution in [0.4, 0.5) is 0 Å². The van der Waals surface area contributed by atoms with Gasteiger partial charge in [-0.3, -0.25) is 9.08 Å². The molecule has 5 rings (SSSR count). The van der Waals surface area contributed by atoms with Crippen molar-refractivity contribution in [2.75, 3.05) is 0 Å². The number of nitrogens with one attached hydrogen (secondary N) is 1. The molecule has 6 nitrogen and oxygen atoms in total. The Balaban J connectivity index is 1.52. The summed E-state index contributed by atoms with van der Waals surface area (Å²) in [5.74, 6) is 4.26. The standard InChI is InChI=1S/C24H26N6/c1-3-6-22(18-9-10-18)30-16-19(15-27-30)24-28-21(13-23-25-11-12-29(23)24)17(4-2)14-26-20-7-5-8-20/h1,4,11-16,18,20,22,26H,2,5-10H2/b17-14+. The van der Waals surface area contributed by atoms with Crippen molar-refractivity contribution in [3.05, 3.63) is 55.4 Å². The van der Waals surface area contributed by atoms with E-state index in [1.54, 1.807) is 6.20 Å². The second-order valence-electron chi connectivity index (χ2n) is 8.24. The largest absolute Gasteiger partial charge is 0.388 e. The van der Waals surface area contributed by atoms with Gasteiger partial charge in [-0.15, -0.1) is 12.3 Å². The van der Waals surface area contributed by atoms with Gasteiger partial charge in [0.05, 0.1) is 23.5 Å². The lowest BCUT2D eigenvalue weighted by molar-refractivity contribution is 0.373. The number of hydrogen-bond donors (Lipinski definition) is 1. The zero-order valence-corrected chi connectivity index (χ0v) is 17.0. The Kier molecular flexibility index (Phi) is 4.88. The fourth-order valence-corrected chi connectivity index (χ4v) is 4.01. The topological polar surface area (TPSA) is 60.0 Å². The molecule has 2 aliphatic carbocycles. The average molecular weight is 399 g/mol. The molecule has 2 aliphatic rings. The molecule has 2 fully saturated rings. The average Bonchev–Trinajstić information content (AvgIpc) is 3.24. The highest BCUT2D eigenvalue weighted by atomic mass is 15.3. The van der Waals surface area contributed by atoms with Crippen LogP contribution in [-0.2, 0) is 0 Å². The van der Waals surface area contributed by atoms with Crippen molar-refractivity contribution in [1.82, 2.24) is 29.5 Å². The van der Waals surface area contributed by atoms with Gasteiger partial charge in [-0.1, -0.05) is 12.7 Å². The second kappa shape index (κ2) is 7.83. The van der Waals surface area contributed by atoms with Crippen LogP contribution in [-0.4, -0.2) is 30.2 Å². The number of terminal acetylenes is 1. The Morgan fingerprint density at radius 3 is 2.93 bits per heavy atom. The van der Waals surface area contributed by atoms with Crippen molar-refractivity contribution < 1.29 is 0 Å². The molecule has 0 amide bonds. The van der Waals surface area contributed by atoms with Crippen molar-refractivity contribution in [3.8, 4) is 23.7 Å². The van der Waals surface area contributed by atoms with Gasteiger partial charge in [0.1, 0.15) is 11.5 Å². The third-order valence-corrected chi connectivity index (χ3v) is 6.18. The lowest BCUT2D eigenvalue weighted by Gasteiger charge is -2.25. The summed E-state index contributed by atoms with van der Waals surface area (Å²) in [4.78, 5) is 9.47. The Morgan fingerprint density at radius 1 is 1.37 bits per heavy atom. The van der Waals surface area contributed by atoms with E-state index in [0.29, 0.717) is 18.4 Å². The van der Waals surface area contributed by atoms with Crippen LogP contribution in [0.25, 0.3) is 22.6 Å². The molecule has 6 heteroatoms. The zero-order chi connectivity index (χ0) is 20.5. The zero-order valence-electron chi connectivity index (χ0n) is 17.0. The quantitative estimate of drug-likeness (QED) is 0.456. The highest BCUT2D eigenvalue weighted by Gasteiger charge is 2.32. The van der Waals surface area contributed by atoms with Gasteiger partial charge < -0.3 is 5.32 Å². The van der Waals surface area contributed by atoms with Gasteiger partial charge in [0.25, 0.3) is 0 Å². The van der Waals surface area contributed by atoms with Gasteiger partial charge in [0.15, 0.2) is 0 Å². The van der Waals surface area contributed by atoms with E-state index >= 15 is 0 Å². The number of aromatic nitrogens is 5. The van der Waals surface area contributed by atoms with Crippen LogP contribution in [0.3, 0.4) is 0 Å². The summed E-state index contributed by atoms with van der Waals surface area (Å²) in [6.07, 6.45) is 24.0. The van der Waals surface area contributed by atoms with Gasteiger partial charge in [0.2, 0.25) is 0 Å². The number of hydrogen-bond acceptors (Lipinski definition) is 4. The molecule has 30 heavy (non-hydrogen) atoms. The van der Waals surface area contributed by atoms with Crippen LogP contribution in [0.1, 0.15) is 50.3 Å². The molecule has 0 aromatic carbocycles. The van der Waals surface area contributed by atoms with Gasteiger partial charge in [-0.2, -0.15) is 5.10 Å². The Morgan fingerprint density at radius 2 is 2.23 bits per heavy atom. The normalized spacial score (nSPS) is 18.0. The van der Waals surface area contributed by atoms with Crippen LogP contribution in [0.2, 0.25) is 0 Å². The molecule has 1 N–H and O–H groups in total. The Hall–Kier alpha value is -3.33. The van der Waals surface area contributed by atoms with Crippen LogP contribution < -0.4 is 5.32 Å². The Labute approximate surface area is 176 Å². The van der Waals surface area contributed by atoms with E-state index in [9.17, 15) is 0 Å².